The van der Waals surface area contributed by atoms with Gasteiger partial charge in [-0.2, -0.15) is 0 Å². The Balaban J connectivity index is 2.24. The Morgan fingerprint density at radius 2 is 2.18 bits per heavy atom. The minimum Gasteiger partial charge on any atom is -0.497 e. The van der Waals surface area contributed by atoms with Crippen LogP contribution in [0.3, 0.4) is 0 Å². The van der Waals surface area contributed by atoms with Crippen LogP contribution < -0.4 is 9.64 Å². The van der Waals surface area contributed by atoms with Crippen molar-refractivity contribution in [2.75, 3.05) is 18.6 Å². The topological polar surface area (TPSA) is 97.6 Å². The van der Waals surface area contributed by atoms with Crippen molar-refractivity contribution in [1.29, 1.82) is 0 Å². The Kier molecular flexibility index (Phi) is 4.72. The zero-order chi connectivity index (χ0) is 16.1. The molecule has 1 heterocycles. The van der Waals surface area contributed by atoms with Gasteiger partial charge in [-0.1, -0.05) is 11.3 Å². The summed E-state index contributed by atoms with van der Waals surface area (Å²) in [5.41, 5.74) is 0.755. The lowest BCUT2D eigenvalue weighted by molar-refractivity contribution is -0.137. The van der Waals surface area contributed by atoms with E-state index >= 15 is 0 Å². The molecule has 1 aromatic carbocycles. The van der Waals surface area contributed by atoms with Gasteiger partial charge >= 0.3 is 5.97 Å². The number of benzene rings is 1. The Bertz CT molecular complexity index is 683. The molecule has 0 saturated heterocycles. The van der Waals surface area contributed by atoms with Gasteiger partial charge in [-0.3, -0.25) is 9.59 Å². The van der Waals surface area contributed by atoms with E-state index in [4.69, 9.17) is 9.84 Å². The molecule has 8 heteroatoms. The lowest BCUT2D eigenvalue weighted by atomic mass is 10.2. The summed E-state index contributed by atoms with van der Waals surface area (Å²) in [6.45, 7) is 1.92. The number of carboxylic acids is 1. The summed E-state index contributed by atoms with van der Waals surface area (Å²) in [4.78, 5) is 24.6. The fourth-order valence-corrected chi connectivity index (χ4v) is 1.97. The van der Waals surface area contributed by atoms with Crippen LogP contribution in [0.25, 0.3) is 0 Å². The molecule has 1 N–H and O–H groups in total. The largest absolute Gasteiger partial charge is 0.497 e. The average Bonchev–Trinajstić information content (AvgIpc) is 2.96. The fourth-order valence-electron chi connectivity index (χ4n) is 1.97. The molecule has 0 aliphatic rings. The van der Waals surface area contributed by atoms with Crippen LogP contribution in [0.2, 0.25) is 0 Å². The highest BCUT2D eigenvalue weighted by atomic mass is 16.5. The molecule has 0 aliphatic carbocycles. The number of hydrogen-bond acceptors (Lipinski definition) is 5. The van der Waals surface area contributed by atoms with Crippen LogP contribution in [0.5, 0.6) is 5.75 Å². The van der Waals surface area contributed by atoms with Gasteiger partial charge < -0.3 is 14.7 Å². The van der Waals surface area contributed by atoms with E-state index in [0.29, 0.717) is 18.0 Å². The summed E-state index contributed by atoms with van der Waals surface area (Å²) in [6, 6.07) is 7.09. The number of carbonyl (C=O) groups excluding carboxylic acids is 1. The van der Waals surface area contributed by atoms with Gasteiger partial charge in [-0.05, 0) is 19.1 Å². The minimum absolute atomic E-state index is 0.0888. The van der Waals surface area contributed by atoms with E-state index in [1.807, 2.05) is 6.92 Å². The molecule has 1 amide bonds. The third kappa shape index (κ3) is 3.40. The van der Waals surface area contributed by atoms with Crippen molar-refractivity contribution in [3.05, 3.63) is 36.2 Å². The molecule has 2 rings (SSSR count). The fraction of sp³-hybridized carbons (Fsp3) is 0.286. The molecular weight excluding hydrogens is 288 g/mol. The highest BCUT2D eigenvalue weighted by Gasteiger charge is 2.20. The molecule has 0 bridgehead atoms. The Morgan fingerprint density at radius 1 is 1.41 bits per heavy atom. The number of ether oxygens (including phenoxy) is 1. The van der Waals surface area contributed by atoms with Gasteiger partial charge in [0.15, 0.2) is 5.69 Å². The van der Waals surface area contributed by atoms with Crippen LogP contribution in [-0.4, -0.2) is 45.6 Å². The first-order chi connectivity index (χ1) is 10.5. The molecule has 0 spiro atoms. The first-order valence-electron chi connectivity index (χ1n) is 6.63. The molecule has 116 valence electrons. The SMILES string of the molecule is CCN(C(=O)c1cn(CC(=O)O)nn1)c1cccc(OC)c1. The number of carbonyl (C=O) groups is 2. The maximum absolute atomic E-state index is 12.5. The standard InChI is InChI=1S/C14H16N4O4/c1-3-18(10-5-4-6-11(7-10)22-2)14(21)12-8-17(16-15-12)9-13(19)20/h4-8H,3,9H2,1-2H3,(H,19,20). The minimum atomic E-state index is -1.05. The van der Waals surface area contributed by atoms with E-state index in [0.717, 1.165) is 4.68 Å². The third-order valence-corrected chi connectivity index (χ3v) is 2.98. The monoisotopic (exact) mass is 304 g/mol. The van der Waals surface area contributed by atoms with Crippen LogP contribution in [0.4, 0.5) is 5.69 Å². The first-order valence-corrected chi connectivity index (χ1v) is 6.63. The molecule has 0 fully saturated rings. The normalized spacial score (nSPS) is 10.3. The van der Waals surface area contributed by atoms with Gasteiger partial charge in [-0.15, -0.1) is 5.10 Å². The molecule has 1 aromatic heterocycles. The highest BCUT2D eigenvalue weighted by molar-refractivity contribution is 6.04. The maximum atomic E-state index is 12.5. The smallest absolute Gasteiger partial charge is 0.325 e. The van der Waals surface area contributed by atoms with Crippen molar-refractivity contribution in [2.24, 2.45) is 0 Å². The Hall–Kier alpha value is -2.90. The molecule has 8 nitrogen and oxygen atoms in total. The second-order valence-corrected chi connectivity index (χ2v) is 4.45. The van der Waals surface area contributed by atoms with E-state index in [9.17, 15) is 9.59 Å². The first kappa shape index (κ1) is 15.5. The van der Waals surface area contributed by atoms with Crippen LogP contribution in [0, 0.1) is 0 Å². The summed E-state index contributed by atoms with van der Waals surface area (Å²) in [5, 5.41) is 16.1. The average molecular weight is 304 g/mol. The van der Waals surface area contributed by atoms with Crippen molar-refractivity contribution >= 4 is 17.6 Å². The Morgan fingerprint density at radius 3 is 2.82 bits per heavy atom. The van der Waals surface area contributed by atoms with E-state index < -0.39 is 5.97 Å². The van der Waals surface area contributed by atoms with Crippen LogP contribution in [0.1, 0.15) is 17.4 Å². The lowest BCUT2D eigenvalue weighted by Crippen LogP contribution is -2.30. The molecule has 2 aromatic rings. The predicted molar refractivity (Wildman–Crippen MR) is 78.0 cm³/mol. The number of aliphatic carboxylic acids is 1. The van der Waals surface area contributed by atoms with Crippen LogP contribution >= 0.6 is 0 Å². The molecule has 22 heavy (non-hydrogen) atoms. The number of carboxylic acid groups (broad SMARTS) is 1. The van der Waals surface area contributed by atoms with Crippen LogP contribution in [-0.2, 0) is 11.3 Å². The second kappa shape index (κ2) is 6.70. The van der Waals surface area contributed by atoms with Gasteiger partial charge in [0.05, 0.1) is 13.3 Å². The number of aromatic nitrogens is 3. The van der Waals surface area contributed by atoms with Gasteiger partial charge in [0.1, 0.15) is 12.3 Å². The number of anilines is 1. The van der Waals surface area contributed by atoms with Crippen molar-refractivity contribution in [1.82, 2.24) is 15.0 Å². The van der Waals surface area contributed by atoms with E-state index in [1.54, 1.807) is 31.4 Å². The zero-order valence-electron chi connectivity index (χ0n) is 12.3. The summed E-state index contributed by atoms with van der Waals surface area (Å²) in [7, 11) is 1.55. The Labute approximate surface area is 126 Å². The molecule has 0 saturated carbocycles. The van der Waals surface area contributed by atoms with Crippen LogP contribution in [0.15, 0.2) is 30.5 Å². The molecule has 0 atom stereocenters. The molecule has 0 unspecified atom stereocenters. The second-order valence-electron chi connectivity index (χ2n) is 4.45. The van der Waals surface area contributed by atoms with Crippen molar-refractivity contribution < 1.29 is 19.4 Å². The van der Waals surface area contributed by atoms with Gasteiger partial charge in [0, 0.05) is 18.3 Å². The molecule has 0 radical (unpaired) electrons. The van der Waals surface area contributed by atoms with E-state index in [1.165, 1.54) is 11.1 Å². The quantitative estimate of drug-likeness (QED) is 0.856. The number of amides is 1. The van der Waals surface area contributed by atoms with E-state index in [-0.39, 0.29) is 18.1 Å². The van der Waals surface area contributed by atoms with E-state index in [2.05, 4.69) is 10.3 Å². The summed E-state index contributed by atoms with van der Waals surface area (Å²) >= 11 is 0. The summed E-state index contributed by atoms with van der Waals surface area (Å²) in [6.07, 6.45) is 1.32. The van der Waals surface area contributed by atoms with Crippen molar-refractivity contribution in [2.45, 2.75) is 13.5 Å². The lowest BCUT2D eigenvalue weighted by Gasteiger charge is -2.20. The zero-order valence-corrected chi connectivity index (χ0v) is 12.3. The van der Waals surface area contributed by atoms with Gasteiger partial charge in [0.25, 0.3) is 5.91 Å². The third-order valence-electron chi connectivity index (χ3n) is 2.98. The highest BCUT2D eigenvalue weighted by Crippen LogP contribution is 2.22. The number of hydrogen-bond donors (Lipinski definition) is 1. The van der Waals surface area contributed by atoms with Gasteiger partial charge in [0.2, 0.25) is 0 Å². The summed E-state index contributed by atoms with van der Waals surface area (Å²) in [5.74, 6) is -0.769. The predicted octanol–water partition coefficient (Wildman–Crippen LogP) is 1.04. The summed E-state index contributed by atoms with van der Waals surface area (Å²) < 4.78 is 6.25. The number of methoxy groups -OCH3 is 1. The van der Waals surface area contributed by atoms with Crippen molar-refractivity contribution in [3.63, 3.8) is 0 Å². The maximum Gasteiger partial charge on any atom is 0.325 e. The van der Waals surface area contributed by atoms with Crippen molar-refractivity contribution in [3.8, 4) is 5.75 Å². The number of rotatable bonds is 6. The van der Waals surface area contributed by atoms with Gasteiger partial charge in [-0.25, -0.2) is 4.68 Å². The molecule has 0 aliphatic heterocycles. The number of nitrogens with zero attached hydrogens (tertiary/aromatic N) is 4. The molecular formula is C14H16N4O4.